The minimum absolute atomic E-state index is 0.104. The summed E-state index contributed by atoms with van der Waals surface area (Å²) in [4.78, 5) is 0. The summed E-state index contributed by atoms with van der Waals surface area (Å²) in [5.74, 6) is 1.23. The summed E-state index contributed by atoms with van der Waals surface area (Å²) in [6.07, 6.45) is 1.97. The highest BCUT2D eigenvalue weighted by Crippen LogP contribution is 2.39. The topological polar surface area (TPSA) is 49.7 Å². The van der Waals surface area contributed by atoms with Crippen LogP contribution in [0.4, 0.5) is 0 Å². The zero-order valence-electron chi connectivity index (χ0n) is 11.4. The monoisotopic (exact) mass is 268 g/mol. The second-order valence-electron chi connectivity index (χ2n) is 5.03. The largest absolute Gasteiger partial charge is 0.508 e. The lowest BCUT2D eigenvalue weighted by Gasteiger charge is -2.26. The van der Waals surface area contributed by atoms with Crippen LogP contribution < -0.4 is 4.74 Å². The molecular formula is C17H16O3. The average molecular weight is 268 g/mol. The van der Waals surface area contributed by atoms with Gasteiger partial charge in [0.25, 0.3) is 0 Å². The molecule has 2 aromatic rings. The maximum absolute atomic E-state index is 9.75. The van der Waals surface area contributed by atoms with Gasteiger partial charge in [-0.25, -0.2) is 0 Å². The Balaban J connectivity index is 2.10. The van der Waals surface area contributed by atoms with Gasteiger partial charge in [-0.15, -0.1) is 0 Å². The Bertz CT molecular complexity index is 684. The van der Waals surface area contributed by atoms with Gasteiger partial charge in [-0.3, -0.25) is 0 Å². The first-order valence-electron chi connectivity index (χ1n) is 6.56. The molecule has 0 aromatic heterocycles. The molecule has 0 bridgehead atoms. The Morgan fingerprint density at radius 2 is 1.70 bits per heavy atom. The van der Waals surface area contributed by atoms with Crippen molar-refractivity contribution in [1.82, 2.24) is 0 Å². The van der Waals surface area contributed by atoms with Crippen molar-refractivity contribution in [2.24, 2.45) is 0 Å². The summed E-state index contributed by atoms with van der Waals surface area (Å²) in [5.41, 5.74) is 3.80. The highest BCUT2D eigenvalue weighted by Gasteiger charge is 2.22. The number of benzene rings is 2. The Morgan fingerprint density at radius 3 is 2.40 bits per heavy atom. The molecule has 3 nitrogen and oxygen atoms in total. The molecular weight excluding hydrogens is 252 g/mol. The van der Waals surface area contributed by atoms with Gasteiger partial charge in [0.1, 0.15) is 23.4 Å². The van der Waals surface area contributed by atoms with E-state index in [4.69, 9.17) is 4.74 Å². The van der Waals surface area contributed by atoms with Gasteiger partial charge in [0, 0.05) is 11.1 Å². The fourth-order valence-electron chi connectivity index (χ4n) is 2.47. The van der Waals surface area contributed by atoms with Crippen LogP contribution in [0.25, 0.3) is 11.6 Å². The first kappa shape index (κ1) is 12.6. The van der Waals surface area contributed by atoms with Crippen LogP contribution >= 0.6 is 0 Å². The lowest BCUT2D eigenvalue weighted by atomic mass is 9.94. The zero-order valence-corrected chi connectivity index (χ0v) is 11.4. The predicted octanol–water partition coefficient (Wildman–Crippen LogP) is 3.73. The van der Waals surface area contributed by atoms with Gasteiger partial charge in [0.2, 0.25) is 0 Å². The van der Waals surface area contributed by atoms with E-state index in [9.17, 15) is 10.2 Å². The van der Waals surface area contributed by atoms with E-state index in [1.807, 2.05) is 32.0 Å². The number of hydrogen-bond acceptors (Lipinski definition) is 3. The lowest BCUT2D eigenvalue weighted by molar-refractivity contribution is 0.271. The van der Waals surface area contributed by atoms with Crippen LogP contribution in [0.3, 0.4) is 0 Å². The Morgan fingerprint density at radius 1 is 1.00 bits per heavy atom. The summed E-state index contributed by atoms with van der Waals surface area (Å²) in [6, 6.07) is 10.6. The molecule has 1 aliphatic rings. The van der Waals surface area contributed by atoms with Crippen molar-refractivity contribution in [2.45, 2.75) is 20.0 Å². The van der Waals surface area contributed by atoms with Gasteiger partial charge in [0.05, 0.1) is 0 Å². The van der Waals surface area contributed by atoms with Crippen molar-refractivity contribution < 1.29 is 14.9 Å². The second-order valence-corrected chi connectivity index (χ2v) is 5.03. The Kier molecular flexibility index (Phi) is 2.90. The van der Waals surface area contributed by atoms with E-state index in [1.54, 1.807) is 18.2 Å². The van der Waals surface area contributed by atoms with Crippen molar-refractivity contribution in [2.75, 3.05) is 0 Å². The highest BCUT2D eigenvalue weighted by molar-refractivity contribution is 5.88. The standard InChI is InChI=1S/C17H16O3/c1-10-16(19)8-5-13-9-15(11(2)20-17(10)13)12-3-6-14(18)7-4-12/h3-9,11,18-19H,1-2H3. The van der Waals surface area contributed by atoms with Crippen LogP contribution in [0.5, 0.6) is 17.2 Å². The van der Waals surface area contributed by atoms with Gasteiger partial charge in [0.15, 0.2) is 0 Å². The number of phenols is 2. The van der Waals surface area contributed by atoms with Crippen LogP contribution in [0.1, 0.15) is 23.6 Å². The van der Waals surface area contributed by atoms with E-state index in [2.05, 4.69) is 6.08 Å². The molecule has 0 fully saturated rings. The van der Waals surface area contributed by atoms with Crippen LogP contribution in [0.15, 0.2) is 36.4 Å². The van der Waals surface area contributed by atoms with Crippen LogP contribution in [0.2, 0.25) is 0 Å². The zero-order chi connectivity index (χ0) is 14.3. The van der Waals surface area contributed by atoms with Crippen LogP contribution in [0, 0.1) is 6.92 Å². The first-order valence-corrected chi connectivity index (χ1v) is 6.56. The molecule has 0 saturated heterocycles. The predicted molar refractivity (Wildman–Crippen MR) is 78.9 cm³/mol. The molecule has 20 heavy (non-hydrogen) atoms. The minimum Gasteiger partial charge on any atom is -0.508 e. The first-order chi connectivity index (χ1) is 9.56. The van der Waals surface area contributed by atoms with Crippen molar-refractivity contribution in [1.29, 1.82) is 0 Å². The SMILES string of the molecule is Cc1c(O)ccc2c1OC(C)C(c1ccc(O)cc1)=C2. The van der Waals surface area contributed by atoms with Crippen molar-refractivity contribution >= 4 is 11.6 Å². The van der Waals surface area contributed by atoms with Gasteiger partial charge in [-0.05, 0) is 55.3 Å². The normalized spacial score (nSPS) is 17.1. The van der Waals surface area contributed by atoms with Crippen molar-refractivity contribution in [3.8, 4) is 17.2 Å². The molecule has 102 valence electrons. The van der Waals surface area contributed by atoms with Crippen LogP contribution in [-0.4, -0.2) is 16.3 Å². The lowest BCUT2D eigenvalue weighted by Crippen LogP contribution is -2.18. The maximum Gasteiger partial charge on any atom is 0.134 e. The number of hydrogen-bond donors (Lipinski definition) is 2. The van der Waals surface area contributed by atoms with E-state index in [1.165, 1.54) is 0 Å². The molecule has 0 radical (unpaired) electrons. The van der Waals surface area contributed by atoms with Crippen LogP contribution in [-0.2, 0) is 0 Å². The molecule has 3 rings (SSSR count). The number of phenolic OH excluding ortho intramolecular Hbond substituents is 2. The fourth-order valence-corrected chi connectivity index (χ4v) is 2.47. The molecule has 0 saturated carbocycles. The molecule has 1 unspecified atom stereocenters. The molecule has 1 atom stereocenters. The third kappa shape index (κ3) is 2.01. The second kappa shape index (κ2) is 4.60. The fraction of sp³-hybridized carbons (Fsp3) is 0.176. The molecule has 3 heteroatoms. The van der Waals surface area contributed by atoms with E-state index >= 15 is 0 Å². The molecule has 0 aliphatic carbocycles. The van der Waals surface area contributed by atoms with E-state index in [0.717, 1.165) is 28.0 Å². The number of rotatable bonds is 1. The van der Waals surface area contributed by atoms with Gasteiger partial charge < -0.3 is 14.9 Å². The van der Waals surface area contributed by atoms with Gasteiger partial charge >= 0.3 is 0 Å². The third-order valence-electron chi connectivity index (χ3n) is 3.65. The third-order valence-corrected chi connectivity index (χ3v) is 3.65. The molecule has 1 aliphatic heterocycles. The Hall–Kier alpha value is -2.42. The number of aromatic hydroxyl groups is 2. The number of fused-ring (bicyclic) bond motifs is 1. The Labute approximate surface area is 117 Å². The summed E-state index contributed by atoms with van der Waals surface area (Å²) in [5, 5.41) is 19.1. The quantitative estimate of drug-likeness (QED) is 0.828. The van der Waals surface area contributed by atoms with E-state index < -0.39 is 0 Å². The summed E-state index contributed by atoms with van der Waals surface area (Å²) < 4.78 is 5.95. The average Bonchev–Trinajstić information content (AvgIpc) is 2.44. The summed E-state index contributed by atoms with van der Waals surface area (Å²) in [7, 11) is 0. The molecule has 0 spiro atoms. The smallest absolute Gasteiger partial charge is 0.134 e. The van der Waals surface area contributed by atoms with Gasteiger partial charge in [-0.1, -0.05) is 12.1 Å². The summed E-state index contributed by atoms with van der Waals surface area (Å²) >= 11 is 0. The molecule has 2 N–H and O–H groups in total. The number of ether oxygens (including phenoxy) is 1. The van der Waals surface area contributed by atoms with Crippen molar-refractivity contribution in [3.63, 3.8) is 0 Å². The van der Waals surface area contributed by atoms with Gasteiger partial charge in [-0.2, -0.15) is 0 Å². The maximum atomic E-state index is 9.75. The summed E-state index contributed by atoms with van der Waals surface area (Å²) in [6.45, 7) is 3.82. The van der Waals surface area contributed by atoms with E-state index in [0.29, 0.717) is 0 Å². The molecule has 1 heterocycles. The highest BCUT2D eigenvalue weighted by atomic mass is 16.5. The van der Waals surface area contributed by atoms with E-state index in [-0.39, 0.29) is 17.6 Å². The minimum atomic E-state index is -0.104. The molecule has 2 aromatic carbocycles. The molecule has 0 amide bonds. The van der Waals surface area contributed by atoms with Crippen molar-refractivity contribution in [3.05, 3.63) is 53.1 Å².